The highest BCUT2D eigenvalue weighted by Crippen LogP contribution is 2.40. The maximum atomic E-state index is 10.1. The number of aromatic nitrogens is 2. The van der Waals surface area contributed by atoms with Crippen LogP contribution in [0.5, 0.6) is 0 Å². The van der Waals surface area contributed by atoms with Gasteiger partial charge in [-0.3, -0.25) is 9.97 Å². The van der Waals surface area contributed by atoms with Gasteiger partial charge in [-0.25, -0.2) is 0 Å². The molecule has 1 N–H and O–H groups in total. The van der Waals surface area contributed by atoms with Crippen molar-refractivity contribution in [1.82, 2.24) is 9.97 Å². The van der Waals surface area contributed by atoms with E-state index in [0.717, 1.165) is 12.8 Å². The van der Waals surface area contributed by atoms with E-state index in [4.69, 9.17) is 0 Å². The smallest absolute Gasteiger partial charge is 0.0981 e. The summed E-state index contributed by atoms with van der Waals surface area (Å²) in [6.45, 7) is 0. The highest BCUT2D eigenvalue weighted by Gasteiger charge is 2.28. The summed E-state index contributed by atoms with van der Waals surface area (Å²) in [5.74, 6) is 0.461. The highest BCUT2D eigenvalue weighted by atomic mass is 16.3. The Morgan fingerprint density at radius 3 is 2.94 bits per heavy atom. The third-order valence-corrected chi connectivity index (χ3v) is 3.39. The Bertz CT molecular complexity index is 513. The molecule has 0 saturated heterocycles. The van der Waals surface area contributed by atoms with E-state index >= 15 is 0 Å². The zero-order valence-electron chi connectivity index (χ0n) is 9.45. The lowest BCUT2D eigenvalue weighted by atomic mass is 9.74. The van der Waals surface area contributed by atoms with Crippen LogP contribution < -0.4 is 0 Å². The van der Waals surface area contributed by atoms with Crippen molar-refractivity contribution in [2.24, 2.45) is 0 Å². The molecule has 0 radical (unpaired) electrons. The van der Waals surface area contributed by atoms with E-state index in [2.05, 4.69) is 34.2 Å². The van der Waals surface area contributed by atoms with Gasteiger partial charge in [0.2, 0.25) is 0 Å². The fourth-order valence-electron chi connectivity index (χ4n) is 2.45. The van der Waals surface area contributed by atoms with Crippen LogP contribution in [-0.4, -0.2) is 15.1 Å². The molecule has 1 heterocycles. The van der Waals surface area contributed by atoms with E-state index in [9.17, 15) is 5.11 Å². The van der Waals surface area contributed by atoms with Crippen molar-refractivity contribution in [3.05, 3.63) is 59.7 Å². The summed E-state index contributed by atoms with van der Waals surface area (Å²) in [6.07, 6.45) is 6.16. The second-order valence-corrected chi connectivity index (χ2v) is 4.48. The molecule has 0 saturated carbocycles. The van der Waals surface area contributed by atoms with Crippen molar-refractivity contribution in [1.29, 1.82) is 0 Å². The van der Waals surface area contributed by atoms with Crippen LogP contribution in [0.15, 0.2) is 42.9 Å². The summed E-state index contributed by atoms with van der Waals surface area (Å²) in [7, 11) is 0. The predicted molar refractivity (Wildman–Crippen MR) is 64.5 cm³/mol. The van der Waals surface area contributed by atoms with Gasteiger partial charge < -0.3 is 5.11 Å². The van der Waals surface area contributed by atoms with E-state index in [-0.39, 0.29) is 0 Å². The molecule has 0 amide bonds. The molecule has 0 spiro atoms. The van der Waals surface area contributed by atoms with Crippen LogP contribution in [0.3, 0.4) is 0 Å². The fraction of sp³-hybridized carbons (Fsp3) is 0.286. The maximum Gasteiger partial charge on any atom is 0.0981 e. The molecular weight excluding hydrogens is 212 g/mol. The maximum absolute atomic E-state index is 10.1. The minimum absolute atomic E-state index is 0.461. The van der Waals surface area contributed by atoms with Crippen LogP contribution in [0.2, 0.25) is 0 Å². The lowest BCUT2D eigenvalue weighted by molar-refractivity contribution is 0.148. The van der Waals surface area contributed by atoms with E-state index in [1.54, 1.807) is 18.6 Å². The van der Waals surface area contributed by atoms with Crippen LogP contribution in [0.1, 0.15) is 35.3 Å². The van der Waals surface area contributed by atoms with Gasteiger partial charge in [0, 0.05) is 12.4 Å². The minimum atomic E-state index is -0.512. The van der Waals surface area contributed by atoms with Crippen molar-refractivity contribution in [2.45, 2.75) is 24.9 Å². The number of nitrogens with zero attached hydrogens (tertiary/aromatic N) is 2. The lowest BCUT2D eigenvalue weighted by Crippen LogP contribution is -2.19. The van der Waals surface area contributed by atoms with Crippen molar-refractivity contribution in [3.63, 3.8) is 0 Å². The molecule has 1 aliphatic rings. The van der Waals surface area contributed by atoms with Crippen LogP contribution in [0.25, 0.3) is 0 Å². The second-order valence-electron chi connectivity index (χ2n) is 4.48. The molecule has 17 heavy (non-hydrogen) atoms. The fourth-order valence-corrected chi connectivity index (χ4v) is 2.45. The highest BCUT2D eigenvalue weighted by molar-refractivity contribution is 5.40. The molecular formula is C14H14N2O. The second kappa shape index (κ2) is 4.26. The Balaban J connectivity index is 1.70. The van der Waals surface area contributed by atoms with Gasteiger partial charge in [-0.05, 0) is 29.9 Å². The quantitative estimate of drug-likeness (QED) is 0.873. The zero-order chi connectivity index (χ0) is 11.7. The number of aliphatic hydroxyl groups excluding tert-OH is 1. The summed E-state index contributed by atoms with van der Waals surface area (Å²) < 4.78 is 0. The van der Waals surface area contributed by atoms with Gasteiger partial charge in [-0.2, -0.15) is 0 Å². The number of hydrogen-bond donors (Lipinski definition) is 1. The molecule has 1 aliphatic carbocycles. The van der Waals surface area contributed by atoms with E-state index in [1.807, 2.05) is 0 Å². The van der Waals surface area contributed by atoms with Crippen molar-refractivity contribution >= 4 is 0 Å². The predicted octanol–water partition coefficient (Wildman–Crippen LogP) is 2.24. The Morgan fingerprint density at radius 1 is 1.29 bits per heavy atom. The summed E-state index contributed by atoms with van der Waals surface area (Å²) >= 11 is 0. The van der Waals surface area contributed by atoms with Crippen LogP contribution in [0.4, 0.5) is 0 Å². The first-order valence-electron chi connectivity index (χ1n) is 5.86. The van der Waals surface area contributed by atoms with E-state index in [0.29, 0.717) is 11.6 Å². The Kier molecular flexibility index (Phi) is 2.61. The van der Waals surface area contributed by atoms with Crippen LogP contribution in [-0.2, 0) is 6.42 Å². The van der Waals surface area contributed by atoms with Gasteiger partial charge in [-0.15, -0.1) is 0 Å². The van der Waals surface area contributed by atoms with Crippen molar-refractivity contribution in [2.75, 3.05) is 0 Å². The Morgan fingerprint density at radius 2 is 2.18 bits per heavy atom. The molecule has 3 nitrogen and oxygen atoms in total. The topological polar surface area (TPSA) is 46.0 Å². The summed E-state index contributed by atoms with van der Waals surface area (Å²) in [5, 5.41) is 10.1. The van der Waals surface area contributed by atoms with Crippen LogP contribution >= 0.6 is 0 Å². The van der Waals surface area contributed by atoms with E-state index in [1.165, 1.54) is 11.1 Å². The van der Waals surface area contributed by atoms with Gasteiger partial charge in [0.25, 0.3) is 0 Å². The summed E-state index contributed by atoms with van der Waals surface area (Å²) in [4.78, 5) is 8.11. The monoisotopic (exact) mass is 226 g/mol. The SMILES string of the molecule is OC(CC1Cc2ccccc21)c1cnccn1. The molecule has 2 atom stereocenters. The van der Waals surface area contributed by atoms with Crippen LogP contribution in [0, 0.1) is 0 Å². The molecule has 2 unspecified atom stereocenters. The summed E-state index contributed by atoms with van der Waals surface area (Å²) in [6, 6.07) is 8.42. The third kappa shape index (κ3) is 1.94. The van der Waals surface area contributed by atoms with Gasteiger partial charge in [0.05, 0.1) is 18.0 Å². The average molecular weight is 226 g/mol. The molecule has 3 rings (SSSR count). The molecule has 1 aromatic carbocycles. The number of fused-ring (bicyclic) bond motifs is 1. The number of rotatable bonds is 3. The number of benzene rings is 1. The molecule has 0 bridgehead atoms. The van der Waals surface area contributed by atoms with E-state index < -0.39 is 6.10 Å². The first kappa shape index (κ1) is 10.4. The normalized spacial score (nSPS) is 19.2. The molecule has 2 aromatic rings. The number of aliphatic hydroxyl groups is 1. The van der Waals surface area contributed by atoms with Gasteiger partial charge >= 0.3 is 0 Å². The molecule has 0 fully saturated rings. The average Bonchev–Trinajstić information content (AvgIpc) is 2.37. The van der Waals surface area contributed by atoms with Crippen molar-refractivity contribution < 1.29 is 5.11 Å². The molecule has 1 aromatic heterocycles. The number of hydrogen-bond acceptors (Lipinski definition) is 3. The minimum Gasteiger partial charge on any atom is -0.387 e. The third-order valence-electron chi connectivity index (χ3n) is 3.39. The first-order chi connectivity index (χ1) is 8.34. The summed E-state index contributed by atoms with van der Waals surface area (Å²) in [5.41, 5.74) is 3.44. The molecule has 0 aliphatic heterocycles. The van der Waals surface area contributed by atoms with Gasteiger partial charge in [-0.1, -0.05) is 24.3 Å². The largest absolute Gasteiger partial charge is 0.387 e. The Hall–Kier alpha value is -1.74. The standard InChI is InChI=1S/C14H14N2O/c17-14(13-9-15-5-6-16-13)8-11-7-10-3-1-2-4-12(10)11/h1-6,9,11,14,17H,7-8H2. The van der Waals surface area contributed by atoms with Gasteiger partial charge in [0.15, 0.2) is 0 Å². The van der Waals surface area contributed by atoms with Gasteiger partial charge in [0.1, 0.15) is 0 Å². The van der Waals surface area contributed by atoms with Crippen molar-refractivity contribution in [3.8, 4) is 0 Å². The lowest BCUT2D eigenvalue weighted by Gasteiger charge is -2.31. The Labute approximate surface area is 100 Å². The first-order valence-corrected chi connectivity index (χ1v) is 5.86. The zero-order valence-corrected chi connectivity index (χ0v) is 9.45. The molecule has 86 valence electrons. The molecule has 3 heteroatoms.